The van der Waals surface area contributed by atoms with Gasteiger partial charge in [-0.25, -0.2) is 4.98 Å². The molecule has 0 aliphatic rings. The van der Waals surface area contributed by atoms with E-state index >= 15 is 0 Å². The van der Waals surface area contributed by atoms with Crippen LogP contribution in [0.3, 0.4) is 0 Å². The standard InChI is InChI=1S/C26H35N3O3/c1-20-13-14-24(21(2)18-20)32-17-9-16-29-23-11-7-6-10-22(23)28-25(29)12-5-4-8-15-27-26(30)19-31-3/h6-7,10-11,13-14,18H,4-5,8-9,12,15-17,19H2,1-3H3,(H,27,30). The zero-order chi connectivity index (χ0) is 22.8. The molecule has 172 valence electrons. The molecule has 6 nitrogen and oxygen atoms in total. The lowest BCUT2D eigenvalue weighted by molar-refractivity contribution is -0.124. The Balaban J connectivity index is 1.50. The van der Waals surface area contributed by atoms with Gasteiger partial charge < -0.3 is 19.4 Å². The number of ether oxygens (including phenoxy) is 2. The first-order chi connectivity index (χ1) is 15.6. The lowest BCUT2D eigenvalue weighted by Crippen LogP contribution is -2.27. The largest absolute Gasteiger partial charge is 0.493 e. The van der Waals surface area contributed by atoms with Crippen LogP contribution in [-0.2, 0) is 22.5 Å². The Hall–Kier alpha value is -2.86. The van der Waals surface area contributed by atoms with Gasteiger partial charge in [-0.2, -0.15) is 0 Å². The van der Waals surface area contributed by atoms with Gasteiger partial charge in [-0.15, -0.1) is 0 Å². The van der Waals surface area contributed by atoms with Gasteiger partial charge in [0.15, 0.2) is 0 Å². The van der Waals surface area contributed by atoms with E-state index in [0.29, 0.717) is 13.2 Å². The fraction of sp³-hybridized carbons (Fsp3) is 0.462. The highest BCUT2D eigenvalue weighted by molar-refractivity contribution is 5.77. The van der Waals surface area contributed by atoms with Gasteiger partial charge in [-0.05, 0) is 56.9 Å². The summed E-state index contributed by atoms with van der Waals surface area (Å²) in [6.07, 6.45) is 4.90. The molecular formula is C26H35N3O3. The van der Waals surface area contributed by atoms with Crippen molar-refractivity contribution in [2.75, 3.05) is 26.9 Å². The van der Waals surface area contributed by atoms with E-state index < -0.39 is 0 Å². The van der Waals surface area contributed by atoms with Crippen LogP contribution in [0.25, 0.3) is 11.0 Å². The Morgan fingerprint density at radius 3 is 2.72 bits per heavy atom. The maximum Gasteiger partial charge on any atom is 0.245 e. The second-order valence-corrected chi connectivity index (χ2v) is 8.23. The number of nitrogens with zero attached hydrogens (tertiary/aromatic N) is 2. The van der Waals surface area contributed by atoms with Crippen molar-refractivity contribution in [3.63, 3.8) is 0 Å². The summed E-state index contributed by atoms with van der Waals surface area (Å²) in [5.41, 5.74) is 4.66. The van der Waals surface area contributed by atoms with E-state index in [9.17, 15) is 4.79 Å². The summed E-state index contributed by atoms with van der Waals surface area (Å²) in [6, 6.07) is 14.6. The molecule has 1 aromatic heterocycles. The molecule has 0 saturated heterocycles. The Labute approximate surface area is 190 Å². The molecule has 0 bridgehead atoms. The lowest BCUT2D eigenvalue weighted by atomic mass is 10.1. The maximum absolute atomic E-state index is 11.4. The lowest BCUT2D eigenvalue weighted by Gasteiger charge is -2.12. The van der Waals surface area contributed by atoms with Gasteiger partial charge in [0.05, 0.1) is 17.6 Å². The van der Waals surface area contributed by atoms with Gasteiger partial charge in [0, 0.05) is 26.6 Å². The third-order valence-corrected chi connectivity index (χ3v) is 5.52. The van der Waals surface area contributed by atoms with Crippen LogP contribution in [0.2, 0.25) is 0 Å². The minimum Gasteiger partial charge on any atom is -0.493 e. The number of nitrogens with one attached hydrogen (secondary N) is 1. The highest BCUT2D eigenvalue weighted by Gasteiger charge is 2.10. The number of imidazole rings is 1. The second kappa shape index (κ2) is 12.2. The SMILES string of the molecule is COCC(=O)NCCCCCc1nc2ccccc2n1CCCOc1ccc(C)cc1C. The number of hydrogen-bond acceptors (Lipinski definition) is 4. The molecule has 0 fully saturated rings. The number of amides is 1. The molecule has 3 aromatic rings. The van der Waals surface area contributed by atoms with Gasteiger partial charge in [0.1, 0.15) is 18.2 Å². The summed E-state index contributed by atoms with van der Waals surface area (Å²) in [5, 5.41) is 2.87. The van der Waals surface area contributed by atoms with Crippen LogP contribution in [0.5, 0.6) is 5.75 Å². The minimum absolute atomic E-state index is 0.0580. The third kappa shape index (κ3) is 6.82. The van der Waals surface area contributed by atoms with Crippen LogP contribution >= 0.6 is 0 Å². The van der Waals surface area contributed by atoms with Crippen molar-refractivity contribution in [3.05, 3.63) is 59.4 Å². The number of hydrogen-bond donors (Lipinski definition) is 1. The number of carbonyl (C=O) groups is 1. The summed E-state index contributed by atoms with van der Waals surface area (Å²) in [6.45, 7) is 6.56. The Morgan fingerprint density at radius 1 is 1.06 bits per heavy atom. The molecule has 0 aliphatic heterocycles. The molecule has 0 saturated carbocycles. The Kier molecular flexibility index (Phi) is 9.11. The van der Waals surface area contributed by atoms with Gasteiger partial charge >= 0.3 is 0 Å². The normalized spacial score (nSPS) is 11.1. The average molecular weight is 438 g/mol. The average Bonchev–Trinajstić information content (AvgIpc) is 3.12. The molecular weight excluding hydrogens is 402 g/mol. The number of benzene rings is 2. The maximum atomic E-state index is 11.4. The molecule has 1 N–H and O–H groups in total. The smallest absolute Gasteiger partial charge is 0.245 e. The first kappa shape index (κ1) is 23.8. The number of aromatic nitrogens is 2. The van der Waals surface area contributed by atoms with Crippen molar-refractivity contribution < 1.29 is 14.3 Å². The molecule has 32 heavy (non-hydrogen) atoms. The second-order valence-electron chi connectivity index (χ2n) is 8.23. The van der Waals surface area contributed by atoms with Gasteiger partial charge in [0.25, 0.3) is 0 Å². The third-order valence-electron chi connectivity index (χ3n) is 5.52. The molecule has 3 rings (SSSR count). The first-order valence-corrected chi connectivity index (χ1v) is 11.5. The summed E-state index contributed by atoms with van der Waals surface area (Å²) in [7, 11) is 1.53. The van der Waals surface area contributed by atoms with Crippen molar-refractivity contribution in [3.8, 4) is 5.75 Å². The fourth-order valence-corrected chi connectivity index (χ4v) is 3.93. The van der Waals surface area contributed by atoms with Crippen LogP contribution in [0, 0.1) is 13.8 Å². The number of aryl methyl sites for hydroxylation is 4. The molecule has 2 aromatic carbocycles. The summed E-state index contributed by atoms with van der Waals surface area (Å²) >= 11 is 0. The number of rotatable bonds is 13. The summed E-state index contributed by atoms with van der Waals surface area (Å²) in [4.78, 5) is 16.3. The van der Waals surface area contributed by atoms with Crippen molar-refractivity contribution in [2.24, 2.45) is 0 Å². The number of methoxy groups -OCH3 is 1. The molecule has 0 atom stereocenters. The van der Waals surface area contributed by atoms with E-state index in [4.69, 9.17) is 14.5 Å². The molecule has 0 aliphatic carbocycles. The predicted octanol–water partition coefficient (Wildman–Crippen LogP) is 4.60. The first-order valence-electron chi connectivity index (χ1n) is 11.5. The van der Waals surface area contributed by atoms with E-state index in [0.717, 1.165) is 55.7 Å². The van der Waals surface area contributed by atoms with Crippen LogP contribution < -0.4 is 10.1 Å². The highest BCUT2D eigenvalue weighted by atomic mass is 16.5. The monoisotopic (exact) mass is 437 g/mol. The molecule has 0 radical (unpaired) electrons. The Morgan fingerprint density at radius 2 is 1.91 bits per heavy atom. The van der Waals surface area contributed by atoms with E-state index in [1.165, 1.54) is 23.8 Å². The van der Waals surface area contributed by atoms with Crippen LogP contribution in [0.1, 0.15) is 42.6 Å². The summed E-state index contributed by atoms with van der Waals surface area (Å²) in [5.74, 6) is 2.03. The van der Waals surface area contributed by atoms with Crippen LogP contribution in [-0.4, -0.2) is 42.3 Å². The van der Waals surface area contributed by atoms with Crippen molar-refractivity contribution in [2.45, 2.75) is 52.5 Å². The van der Waals surface area contributed by atoms with E-state index in [1.807, 2.05) is 6.07 Å². The molecule has 0 spiro atoms. The van der Waals surface area contributed by atoms with Gasteiger partial charge in [-0.3, -0.25) is 4.79 Å². The van der Waals surface area contributed by atoms with E-state index in [-0.39, 0.29) is 12.5 Å². The molecule has 1 amide bonds. The Bertz CT molecular complexity index is 1010. The summed E-state index contributed by atoms with van der Waals surface area (Å²) < 4.78 is 13.2. The molecule has 0 unspecified atom stereocenters. The topological polar surface area (TPSA) is 65.4 Å². The predicted molar refractivity (Wildman–Crippen MR) is 128 cm³/mol. The van der Waals surface area contributed by atoms with Crippen LogP contribution in [0.15, 0.2) is 42.5 Å². The number of fused-ring (bicyclic) bond motifs is 1. The quantitative estimate of drug-likeness (QED) is 0.397. The number of para-hydroxylation sites is 2. The van der Waals surface area contributed by atoms with E-state index in [1.54, 1.807) is 0 Å². The van der Waals surface area contributed by atoms with Gasteiger partial charge in [-0.1, -0.05) is 36.2 Å². The molecule has 6 heteroatoms. The van der Waals surface area contributed by atoms with Crippen molar-refractivity contribution in [1.29, 1.82) is 0 Å². The van der Waals surface area contributed by atoms with E-state index in [2.05, 4.69) is 60.1 Å². The van der Waals surface area contributed by atoms with Crippen molar-refractivity contribution >= 4 is 16.9 Å². The molecule has 1 heterocycles. The highest BCUT2D eigenvalue weighted by Crippen LogP contribution is 2.20. The zero-order valence-electron chi connectivity index (χ0n) is 19.5. The van der Waals surface area contributed by atoms with Gasteiger partial charge in [0.2, 0.25) is 5.91 Å². The number of unbranched alkanes of at least 4 members (excludes halogenated alkanes) is 2. The van der Waals surface area contributed by atoms with Crippen molar-refractivity contribution in [1.82, 2.24) is 14.9 Å². The zero-order valence-corrected chi connectivity index (χ0v) is 19.5. The number of carbonyl (C=O) groups excluding carboxylic acids is 1. The van der Waals surface area contributed by atoms with Crippen LogP contribution in [0.4, 0.5) is 0 Å². The minimum atomic E-state index is -0.0580. The fourth-order valence-electron chi connectivity index (χ4n) is 3.93.